The van der Waals surface area contributed by atoms with Gasteiger partial charge in [-0.2, -0.15) is 0 Å². The quantitative estimate of drug-likeness (QED) is 0.447. The molecule has 1 aliphatic heterocycles. The fourth-order valence-corrected chi connectivity index (χ4v) is 2.57. The normalized spacial score (nSPS) is 16.5. The largest absolute Gasteiger partial charge is 0.357 e. The average Bonchev–Trinajstić information content (AvgIpc) is 2.51. The molecule has 0 bridgehead atoms. The number of piperazine rings is 1. The SMILES string of the molecule is CCNC(=NCC(=O)NC(C)(C)C)NCCN1CCN(C(C)=O)CC1. The molecule has 8 heteroatoms. The third-order valence-corrected chi connectivity index (χ3v) is 3.78. The van der Waals surface area contributed by atoms with Gasteiger partial charge in [-0.15, -0.1) is 0 Å². The molecule has 0 aromatic rings. The van der Waals surface area contributed by atoms with Gasteiger partial charge in [0.1, 0.15) is 6.54 Å². The second kappa shape index (κ2) is 10.2. The molecule has 0 aromatic heterocycles. The number of hydrogen-bond acceptors (Lipinski definition) is 4. The van der Waals surface area contributed by atoms with E-state index in [2.05, 4.69) is 25.8 Å². The molecule has 3 N–H and O–H groups in total. The van der Waals surface area contributed by atoms with Gasteiger partial charge in [0.05, 0.1) is 0 Å². The zero-order chi connectivity index (χ0) is 18.9. The molecular weight excluding hydrogens is 320 g/mol. The third kappa shape index (κ3) is 9.28. The van der Waals surface area contributed by atoms with Crippen molar-refractivity contribution in [2.75, 3.05) is 52.4 Å². The highest BCUT2D eigenvalue weighted by molar-refractivity contribution is 5.85. The van der Waals surface area contributed by atoms with Crippen LogP contribution in [0, 0.1) is 0 Å². The highest BCUT2D eigenvalue weighted by atomic mass is 16.2. The maximum atomic E-state index is 11.9. The minimum Gasteiger partial charge on any atom is -0.357 e. The van der Waals surface area contributed by atoms with Crippen molar-refractivity contribution in [3.63, 3.8) is 0 Å². The van der Waals surface area contributed by atoms with Gasteiger partial charge >= 0.3 is 0 Å². The van der Waals surface area contributed by atoms with Gasteiger partial charge in [0.15, 0.2) is 5.96 Å². The van der Waals surface area contributed by atoms with Crippen molar-refractivity contribution in [3.8, 4) is 0 Å². The van der Waals surface area contributed by atoms with Gasteiger partial charge in [-0.25, -0.2) is 4.99 Å². The molecule has 0 atom stereocenters. The summed E-state index contributed by atoms with van der Waals surface area (Å²) in [6, 6.07) is 0. The summed E-state index contributed by atoms with van der Waals surface area (Å²) in [6.45, 7) is 15.3. The van der Waals surface area contributed by atoms with Crippen LogP contribution in [-0.2, 0) is 9.59 Å². The Morgan fingerprint density at radius 1 is 1.08 bits per heavy atom. The molecule has 0 spiro atoms. The Kier molecular flexibility index (Phi) is 8.68. The molecular formula is C17H34N6O2. The Bertz CT molecular complexity index is 464. The van der Waals surface area contributed by atoms with Crippen LogP contribution >= 0.6 is 0 Å². The molecule has 0 unspecified atom stereocenters. The molecule has 0 saturated carbocycles. The van der Waals surface area contributed by atoms with Crippen LogP contribution in [0.2, 0.25) is 0 Å². The predicted molar refractivity (Wildman–Crippen MR) is 101 cm³/mol. The average molecular weight is 354 g/mol. The molecule has 1 fully saturated rings. The van der Waals surface area contributed by atoms with Crippen LogP contribution in [0.5, 0.6) is 0 Å². The van der Waals surface area contributed by atoms with Crippen LogP contribution in [0.4, 0.5) is 0 Å². The molecule has 0 aromatic carbocycles. The lowest BCUT2D eigenvalue weighted by molar-refractivity contribution is -0.130. The first kappa shape index (κ1) is 21.2. The summed E-state index contributed by atoms with van der Waals surface area (Å²) in [5.74, 6) is 0.701. The van der Waals surface area contributed by atoms with Crippen LogP contribution in [0.25, 0.3) is 0 Å². The molecule has 1 heterocycles. The molecule has 8 nitrogen and oxygen atoms in total. The van der Waals surface area contributed by atoms with E-state index in [0.717, 1.165) is 45.8 Å². The Hall–Kier alpha value is -1.83. The van der Waals surface area contributed by atoms with E-state index >= 15 is 0 Å². The Labute approximate surface area is 151 Å². The number of rotatable bonds is 6. The molecule has 1 aliphatic rings. The summed E-state index contributed by atoms with van der Waals surface area (Å²) in [4.78, 5) is 31.7. The van der Waals surface area contributed by atoms with Crippen molar-refractivity contribution in [2.24, 2.45) is 4.99 Å². The summed E-state index contributed by atoms with van der Waals surface area (Å²) >= 11 is 0. The van der Waals surface area contributed by atoms with Crippen molar-refractivity contribution in [3.05, 3.63) is 0 Å². The molecule has 0 radical (unpaired) electrons. The van der Waals surface area contributed by atoms with Crippen LogP contribution in [0.1, 0.15) is 34.6 Å². The highest BCUT2D eigenvalue weighted by Crippen LogP contribution is 2.01. The lowest BCUT2D eigenvalue weighted by atomic mass is 10.1. The number of nitrogens with one attached hydrogen (secondary N) is 3. The molecule has 1 rings (SSSR count). The van der Waals surface area contributed by atoms with Crippen molar-refractivity contribution >= 4 is 17.8 Å². The number of hydrogen-bond donors (Lipinski definition) is 3. The van der Waals surface area contributed by atoms with Gasteiger partial charge < -0.3 is 20.9 Å². The van der Waals surface area contributed by atoms with Crippen LogP contribution in [0.3, 0.4) is 0 Å². The van der Waals surface area contributed by atoms with E-state index in [1.807, 2.05) is 32.6 Å². The maximum absolute atomic E-state index is 11.9. The first-order chi connectivity index (χ1) is 11.7. The number of carbonyl (C=O) groups is 2. The smallest absolute Gasteiger partial charge is 0.242 e. The Balaban J connectivity index is 2.34. The van der Waals surface area contributed by atoms with E-state index in [1.165, 1.54) is 0 Å². The van der Waals surface area contributed by atoms with Gasteiger partial charge in [-0.3, -0.25) is 14.5 Å². The molecule has 1 saturated heterocycles. The summed E-state index contributed by atoms with van der Waals surface area (Å²) in [7, 11) is 0. The lowest BCUT2D eigenvalue weighted by Gasteiger charge is -2.34. The summed E-state index contributed by atoms with van der Waals surface area (Å²) in [5.41, 5.74) is -0.250. The first-order valence-electron chi connectivity index (χ1n) is 9.02. The fourth-order valence-electron chi connectivity index (χ4n) is 2.57. The number of aliphatic imine (C=N–C) groups is 1. The summed E-state index contributed by atoms with van der Waals surface area (Å²) in [5, 5.41) is 9.30. The number of amides is 2. The molecule has 25 heavy (non-hydrogen) atoms. The maximum Gasteiger partial charge on any atom is 0.242 e. The van der Waals surface area contributed by atoms with Gasteiger partial charge in [-0.1, -0.05) is 0 Å². The second-order valence-corrected chi connectivity index (χ2v) is 7.27. The van der Waals surface area contributed by atoms with Gasteiger partial charge in [-0.05, 0) is 27.7 Å². The van der Waals surface area contributed by atoms with Crippen LogP contribution in [-0.4, -0.2) is 85.5 Å². The third-order valence-electron chi connectivity index (χ3n) is 3.78. The zero-order valence-electron chi connectivity index (χ0n) is 16.3. The second-order valence-electron chi connectivity index (χ2n) is 7.27. The minimum atomic E-state index is -0.250. The van der Waals surface area contributed by atoms with E-state index in [1.54, 1.807) is 6.92 Å². The standard InChI is InChI=1S/C17H34N6O2/c1-6-18-16(20-13-15(25)21-17(3,4)5)19-7-8-22-9-11-23(12-10-22)14(2)24/h6-13H2,1-5H3,(H,21,25)(H2,18,19,20). The van der Waals surface area contributed by atoms with Gasteiger partial charge in [0.25, 0.3) is 0 Å². The number of carbonyl (C=O) groups excluding carboxylic acids is 2. The van der Waals surface area contributed by atoms with Crippen LogP contribution < -0.4 is 16.0 Å². The zero-order valence-corrected chi connectivity index (χ0v) is 16.3. The van der Waals surface area contributed by atoms with E-state index in [0.29, 0.717) is 5.96 Å². The van der Waals surface area contributed by atoms with Crippen molar-refractivity contribution in [1.82, 2.24) is 25.8 Å². The van der Waals surface area contributed by atoms with Gasteiger partial charge in [0.2, 0.25) is 11.8 Å². The van der Waals surface area contributed by atoms with E-state index < -0.39 is 0 Å². The van der Waals surface area contributed by atoms with Crippen molar-refractivity contribution in [2.45, 2.75) is 40.2 Å². The van der Waals surface area contributed by atoms with E-state index in [9.17, 15) is 9.59 Å². The monoisotopic (exact) mass is 354 g/mol. The minimum absolute atomic E-state index is 0.0925. The van der Waals surface area contributed by atoms with Crippen LogP contribution in [0.15, 0.2) is 4.99 Å². The van der Waals surface area contributed by atoms with E-state index in [4.69, 9.17) is 0 Å². The predicted octanol–water partition coefficient (Wildman–Crippen LogP) is -0.380. The summed E-state index contributed by atoms with van der Waals surface area (Å²) in [6.07, 6.45) is 0. The lowest BCUT2D eigenvalue weighted by Crippen LogP contribution is -2.50. The molecule has 0 aliphatic carbocycles. The fraction of sp³-hybridized carbons (Fsp3) is 0.824. The Morgan fingerprint density at radius 3 is 2.24 bits per heavy atom. The highest BCUT2D eigenvalue weighted by Gasteiger charge is 2.18. The van der Waals surface area contributed by atoms with Gasteiger partial charge in [0, 0.05) is 58.3 Å². The number of guanidine groups is 1. The molecule has 2 amide bonds. The van der Waals surface area contributed by atoms with Crippen molar-refractivity contribution < 1.29 is 9.59 Å². The molecule has 144 valence electrons. The Morgan fingerprint density at radius 2 is 1.72 bits per heavy atom. The first-order valence-corrected chi connectivity index (χ1v) is 9.02. The van der Waals surface area contributed by atoms with Crippen molar-refractivity contribution in [1.29, 1.82) is 0 Å². The number of nitrogens with zero attached hydrogens (tertiary/aromatic N) is 3. The van der Waals surface area contributed by atoms with E-state index in [-0.39, 0.29) is 23.9 Å². The summed E-state index contributed by atoms with van der Waals surface area (Å²) < 4.78 is 0. The topological polar surface area (TPSA) is 89.1 Å².